The predicted molar refractivity (Wildman–Crippen MR) is 104 cm³/mol. The summed E-state index contributed by atoms with van der Waals surface area (Å²) >= 11 is 0. The number of amides is 1. The minimum Gasteiger partial charge on any atom is -0.398 e. The summed E-state index contributed by atoms with van der Waals surface area (Å²) < 4.78 is 5.39. The molecule has 0 saturated carbocycles. The van der Waals surface area contributed by atoms with Crippen LogP contribution in [0.4, 0.5) is 11.4 Å². The van der Waals surface area contributed by atoms with Gasteiger partial charge in [0.1, 0.15) is 0 Å². The second kappa shape index (κ2) is 7.84. The molecule has 4 aliphatic heterocycles. The molecule has 0 aromatic heterocycles. The molecule has 3 N–H and O–H groups in total. The Morgan fingerprint density at radius 2 is 1.88 bits per heavy atom. The molecule has 6 nitrogen and oxygen atoms in total. The van der Waals surface area contributed by atoms with Crippen molar-refractivity contribution in [1.82, 2.24) is 10.2 Å². The van der Waals surface area contributed by atoms with E-state index in [9.17, 15) is 4.79 Å². The van der Waals surface area contributed by atoms with Crippen LogP contribution < -0.4 is 16.0 Å². The fourth-order valence-corrected chi connectivity index (χ4v) is 4.43. The zero-order valence-corrected chi connectivity index (χ0v) is 15.5. The quantitative estimate of drug-likeness (QED) is 0.802. The molecule has 142 valence electrons. The van der Waals surface area contributed by atoms with Crippen LogP contribution >= 0.6 is 0 Å². The monoisotopic (exact) mass is 358 g/mol. The first-order chi connectivity index (χ1) is 12.7. The number of anilines is 2. The van der Waals surface area contributed by atoms with Crippen LogP contribution in [0, 0.1) is 5.92 Å². The first-order valence-corrected chi connectivity index (χ1v) is 9.95. The molecule has 2 bridgehead atoms. The maximum absolute atomic E-state index is 12.7. The summed E-state index contributed by atoms with van der Waals surface area (Å²) in [7, 11) is 0. The Kier molecular flexibility index (Phi) is 5.31. The van der Waals surface area contributed by atoms with Crippen LogP contribution in [0.15, 0.2) is 18.2 Å². The Balaban J connectivity index is 1.46. The summed E-state index contributed by atoms with van der Waals surface area (Å²) in [6, 6.07) is 6.52. The smallest absolute Gasteiger partial charge is 0.253 e. The average Bonchev–Trinajstić information content (AvgIpc) is 3.01. The van der Waals surface area contributed by atoms with Gasteiger partial charge >= 0.3 is 0 Å². The van der Waals surface area contributed by atoms with Crippen molar-refractivity contribution in [2.45, 2.75) is 31.7 Å². The summed E-state index contributed by atoms with van der Waals surface area (Å²) in [4.78, 5) is 17.7. The molecule has 1 aromatic rings. The molecule has 1 amide bonds. The van der Waals surface area contributed by atoms with E-state index in [1.54, 1.807) is 0 Å². The fourth-order valence-electron chi connectivity index (χ4n) is 4.43. The van der Waals surface area contributed by atoms with Crippen molar-refractivity contribution in [3.63, 3.8) is 0 Å². The predicted octanol–water partition coefficient (Wildman–Crippen LogP) is 1.71. The number of nitrogens with two attached hydrogens (primary N) is 1. The van der Waals surface area contributed by atoms with Crippen LogP contribution in [0.2, 0.25) is 0 Å². The number of ether oxygens (including phenoxy) is 1. The van der Waals surface area contributed by atoms with E-state index in [0.717, 1.165) is 44.8 Å². The Hall–Kier alpha value is -1.79. The Morgan fingerprint density at radius 3 is 2.65 bits per heavy atom. The van der Waals surface area contributed by atoms with Gasteiger partial charge in [-0.05, 0) is 49.8 Å². The van der Waals surface area contributed by atoms with Crippen LogP contribution in [-0.4, -0.2) is 62.8 Å². The number of nitrogen functional groups attached to an aromatic ring is 1. The van der Waals surface area contributed by atoms with Gasteiger partial charge in [-0.1, -0.05) is 0 Å². The Labute approximate surface area is 155 Å². The molecule has 0 radical (unpaired) electrons. The lowest BCUT2D eigenvalue weighted by Crippen LogP contribution is -2.38. The number of benzene rings is 1. The number of hydrogen-bond donors (Lipinski definition) is 2. The van der Waals surface area contributed by atoms with Gasteiger partial charge in [0.15, 0.2) is 0 Å². The SMILES string of the molecule is Nc1ccc(N2CCN3CCC2CC3)cc1C(=O)NCC1CCOCC1. The molecule has 4 heterocycles. The highest BCUT2D eigenvalue weighted by Crippen LogP contribution is 2.29. The molecule has 0 aliphatic carbocycles. The summed E-state index contributed by atoms with van der Waals surface area (Å²) in [5.74, 6) is 0.450. The van der Waals surface area contributed by atoms with E-state index in [-0.39, 0.29) is 5.91 Å². The molecular formula is C20H30N4O2. The van der Waals surface area contributed by atoms with E-state index in [1.807, 2.05) is 12.1 Å². The zero-order chi connectivity index (χ0) is 17.9. The number of nitrogens with one attached hydrogen (secondary N) is 1. The first kappa shape index (κ1) is 17.6. The van der Waals surface area contributed by atoms with E-state index in [1.165, 1.54) is 25.9 Å². The third-order valence-corrected chi connectivity index (χ3v) is 6.16. The number of carbonyl (C=O) groups is 1. The Bertz CT molecular complexity index is 637. The lowest BCUT2D eigenvalue weighted by Gasteiger charge is -2.33. The maximum Gasteiger partial charge on any atom is 0.253 e. The zero-order valence-electron chi connectivity index (χ0n) is 15.5. The molecule has 0 atom stereocenters. The van der Waals surface area contributed by atoms with E-state index in [0.29, 0.717) is 29.8 Å². The van der Waals surface area contributed by atoms with Crippen LogP contribution in [0.3, 0.4) is 0 Å². The summed E-state index contributed by atoms with van der Waals surface area (Å²) in [5, 5.41) is 3.08. The van der Waals surface area contributed by atoms with Crippen molar-refractivity contribution in [2.75, 3.05) is 56.6 Å². The number of hydrogen-bond acceptors (Lipinski definition) is 5. The van der Waals surface area contributed by atoms with Gasteiger partial charge in [-0.15, -0.1) is 0 Å². The number of nitrogens with zero attached hydrogens (tertiary/aromatic N) is 2. The lowest BCUT2D eigenvalue weighted by atomic mass is 10.00. The van der Waals surface area contributed by atoms with Crippen LogP contribution in [0.1, 0.15) is 36.0 Å². The average molecular weight is 358 g/mol. The highest BCUT2D eigenvalue weighted by molar-refractivity contribution is 6.00. The van der Waals surface area contributed by atoms with Gasteiger partial charge in [0.25, 0.3) is 5.91 Å². The normalized spacial score (nSPS) is 26.5. The van der Waals surface area contributed by atoms with E-state index < -0.39 is 0 Å². The van der Waals surface area contributed by atoms with Crippen molar-refractivity contribution in [1.29, 1.82) is 0 Å². The second-order valence-electron chi connectivity index (χ2n) is 7.80. The lowest BCUT2D eigenvalue weighted by molar-refractivity contribution is 0.0643. The molecular weight excluding hydrogens is 328 g/mol. The van der Waals surface area contributed by atoms with Gasteiger partial charge in [0.2, 0.25) is 0 Å². The molecule has 4 aliphatic rings. The largest absolute Gasteiger partial charge is 0.398 e. The van der Waals surface area contributed by atoms with Crippen LogP contribution in [0.5, 0.6) is 0 Å². The van der Waals surface area contributed by atoms with E-state index in [2.05, 4.69) is 21.2 Å². The van der Waals surface area contributed by atoms with Gasteiger partial charge in [-0.25, -0.2) is 0 Å². The molecule has 6 heteroatoms. The fraction of sp³-hybridized carbons (Fsp3) is 0.650. The van der Waals surface area contributed by atoms with Crippen molar-refractivity contribution in [2.24, 2.45) is 5.92 Å². The van der Waals surface area contributed by atoms with Crippen molar-refractivity contribution < 1.29 is 9.53 Å². The molecule has 4 fully saturated rings. The molecule has 0 unspecified atom stereocenters. The highest BCUT2D eigenvalue weighted by atomic mass is 16.5. The second-order valence-corrected chi connectivity index (χ2v) is 7.80. The molecule has 26 heavy (non-hydrogen) atoms. The molecule has 0 spiro atoms. The Morgan fingerprint density at radius 1 is 1.12 bits per heavy atom. The van der Waals surface area contributed by atoms with Gasteiger partial charge in [0, 0.05) is 63.4 Å². The number of fused-ring (bicyclic) bond motifs is 4. The van der Waals surface area contributed by atoms with Gasteiger partial charge in [0.05, 0.1) is 5.56 Å². The molecule has 4 saturated heterocycles. The summed E-state index contributed by atoms with van der Waals surface area (Å²) in [6.07, 6.45) is 4.44. The first-order valence-electron chi connectivity index (χ1n) is 9.95. The maximum atomic E-state index is 12.7. The standard InChI is InChI=1S/C20H30N4O2/c21-19-2-1-17(24-10-9-23-7-3-16(24)4-8-23)13-18(19)20(25)22-14-15-5-11-26-12-6-15/h1-2,13,15-16H,3-12,14,21H2,(H,22,25). The van der Waals surface area contributed by atoms with Gasteiger partial charge < -0.3 is 25.6 Å². The number of rotatable bonds is 4. The third-order valence-electron chi connectivity index (χ3n) is 6.16. The summed E-state index contributed by atoms with van der Waals surface area (Å²) in [5.41, 5.74) is 8.42. The van der Waals surface area contributed by atoms with Crippen LogP contribution in [0.25, 0.3) is 0 Å². The third kappa shape index (κ3) is 3.81. The number of piperidine rings is 1. The van der Waals surface area contributed by atoms with E-state index >= 15 is 0 Å². The minimum absolute atomic E-state index is 0.0567. The number of carbonyl (C=O) groups excluding carboxylic acids is 1. The highest BCUT2D eigenvalue weighted by Gasteiger charge is 2.29. The minimum atomic E-state index is -0.0567. The van der Waals surface area contributed by atoms with E-state index in [4.69, 9.17) is 10.5 Å². The van der Waals surface area contributed by atoms with Crippen molar-refractivity contribution in [3.05, 3.63) is 23.8 Å². The van der Waals surface area contributed by atoms with Gasteiger partial charge in [-0.3, -0.25) is 4.79 Å². The topological polar surface area (TPSA) is 70.8 Å². The molecule has 1 aromatic carbocycles. The van der Waals surface area contributed by atoms with Crippen molar-refractivity contribution >= 4 is 17.3 Å². The van der Waals surface area contributed by atoms with Crippen LogP contribution in [-0.2, 0) is 4.74 Å². The summed E-state index contributed by atoms with van der Waals surface area (Å²) in [6.45, 7) is 6.80. The van der Waals surface area contributed by atoms with Crippen molar-refractivity contribution in [3.8, 4) is 0 Å². The molecule has 5 rings (SSSR count). The van der Waals surface area contributed by atoms with Gasteiger partial charge in [-0.2, -0.15) is 0 Å².